The van der Waals surface area contributed by atoms with Crippen LogP contribution in [0.2, 0.25) is 0 Å². The zero-order chi connectivity index (χ0) is 12.4. The smallest absolute Gasteiger partial charge is 0.151 e. The van der Waals surface area contributed by atoms with Crippen LogP contribution < -0.4 is 10.6 Å². The minimum absolute atomic E-state index is 0.661. The molecule has 0 radical (unpaired) electrons. The number of nitrogens with zero attached hydrogens (tertiary/aromatic N) is 3. The van der Waals surface area contributed by atoms with E-state index in [0.29, 0.717) is 12.2 Å². The van der Waals surface area contributed by atoms with E-state index in [1.165, 1.54) is 0 Å². The highest BCUT2D eigenvalue weighted by molar-refractivity contribution is 9.10. The van der Waals surface area contributed by atoms with E-state index >= 15 is 0 Å². The van der Waals surface area contributed by atoms with E-state index in [-0.39, 0.29) is 0 Å². The molecule has 6 heteroatoms. The van der Waals surface area contributed by atoms with Gasteiger partial charge >= 0.3 is 0 Å². The van der Waals surface area contributed by atoms with Crippen LogP contribution in [0.5, 0.6) is 0 Å². The van der Waals surface area contributed by atoms with E-state index in [1.54, 1.807) is 17.5 Å². The van der Waals surface area contributed by atoms with Gasteiger partial charge in [0.2, 0.25) is 0 Å². The fourth-order valence-corrected chi connectivity index (χ4v) is 2.52. The zero-order valence-corrected chi connectivity index (χ0v) is 12.0. The molecule has 0 saturated carbocycles. The van der Waals surface area contributed by atoms with Crippen LogP contribution in [-0.4, -0.2) is 17.0 Å². The lowest BCUT2D eigenvalue weighted by Crippen LogP contribution is -2.19. The van der Waals surface area contributed by atoms with Gasteiger partial charge in [-0.15, -0.1) is 11.3 Å². The van der Waals surface area contributed by atoms with Gasteiger partial charge in [0.25, 0.3) is 0 Å². The van der Waals surface area contributed by atoms with Crippen LogP contribution in [0.15, 0.2) is 22.1 Å². The number of aromatic nitrogens is 2. The van der Waals surface area contributed by atoms with E-state index in [9.17, 15) is 0 Å². The Kier molecular flexibility index (Phi) is 3.63. The fourth-order valence-electron chi connectivity index (χ4n) is 1.57. The van der Waals surface area contributed by atoms with Crippen LogP contribution >= 0.6 is 27.3 Å². The zero-order valence-electron chi connectivity index (χ0n) is 9.64. The van der Waals surface area contributed by atoms with Crippen molar-refractivity contribution in [3.8, 4) is 0 Å². The molecule has 0 aliphatic heterocycles. The van der Waals surface area contributed by atoms with E-state index in [0.717, 1.165) is 21.0 Å². The van der Waals surface area contributed by atoms with Gasteiger partial charge in [0, 0.05) is 23.1 Å². The number of aryl methyl sites for hydroxylation is 1. The average molecular weight is 313 g/mol. The Morgan fingerprint density at radius 2 is 2.29 bits per heavy atom. The number of anilines is 2. The molecule has 2 N–H and O–H groups in total. The largest absolute Gasteiger partial charge is 0.396 e. The molecule has 0 aromatic carbocycles. The van der Waals surface area contributed by atoms with Crippen molar-refractivity contribution in [1.29, 1.82) is 0 Å². The van der Waals surface area contributed by atoms with Gasteiger partial charge in [0.1, 0.15) is 0 Å². The number of hydrogen-bond donors (Lipinski definition) is 1. The van der Waals surface area contributed by atoms with Gasteiger partial charge in [0.15, 0.2) is 5.82 Å². The molecule has 0 atom stereocenters. The summed E-state index contributed by atoms with van der Waals surface area (Å²) in [6, 6.07) is 1.85. The first-order chi connectivity index (χ1) is 8.06. The van der Waals surface area contributed by atoms with Crippen LogP contribution in [0.1, 0.15) is 10.7 Å². The Morgan fingerprint density at radius 3 is 2.88 bits per heavy atom. The standard InChI is InChI=1S/C11H13BrN4S/c1-7-15-9(6-17-7)5-16(2)11-10(13)3-8(12)4-14-11/h3-4,6H,5,13H2,1-2H3. The van der Waals surface area contributed by atoms with Crippen molar-refractivity contribution in [2.24, 2.45) is 0 Å². The van der Waals surface area contributed by atoms with Gasteiger partial charge in [-0.3, -0.25) is 0 Å². The summed E-state index contributed by atoms with van der Waals surface area (Å²) in [5, 5.41) is 3.13. The van der Waals surface area contributed by atoms with Crippen LogP contribution in [0.4, 0.5) is 11.5 Å². The third-order valence-corrected chi connectivity index (χ3v) is 3.55. The van der Waals surface area contributed by atoms with E-state index in [2.05, 4.69) is 31.3 Å². The first kappa shape index (κ1) is 12.3. The lowest BCUT2D eigenvalue weighted by Gasteiger charge is -2.18. The Labute approximate surface area is 113 Å². The number of halogens is 1. The molecule has 2 rings (SSSR count). The van der Waals surface area contributed by atoms with Crippen LogP contribution in [0.25, 0.3) is 0 Å². The van der Waals surface area contributed by atoms with Crippen molar-refractivity contribution in [1.82, 2.24) is 9.97 Å². The fraction of sp³-hybridized carbons (Fsp3) is 0.273. The van der Waals surface area contributed by atoms with Crippen molar-refractivity contribution in [2.45, 2.75) is 13.5 Å². The SMILES string of the molecule is Cc1nc(CN(C)c2ncc(Br)cc2N)cs1. The number of pyridine rings is 1. The molecule has 4 nitrogen and oxygen atoms in total. The molecular weight excluding hydrogens is 300 g/mol. The number of hydrogen-bond acceptors (Lipinski definition) is 5. The summed E-state index contributed by atoms with van der Waals surface area (Å²) < 4.78 is 0.886. The summed E-state index contributed by atoms with van der Waals surface area (Å²) in [7, 11) is 1.96. The molecule has 0 unspecified atom stereocenters. The lowest BCUT2D eigenvalue weighted by atomic mass is 10.3. The van der Waals surface area contributed by atoms with Crippen LogP contribution in [-0.2, 0) is 6.54 Å². The van der Waals surface area contributed by atoms with Gasteiger partial charge < -0.3 is 10.6 Å². The maximum absolute atomic E-state index is 5.93. The second-order valence-corrected chi connectivity index (χ2v) is 5.76. The molecule has 90 valence electrons. The minimum atomic E-state index is 0.661. The maximum Gasteiger partial charge on any atom is 0.151 e. The molecule has 0 amide bonds. The summed E-state index contributed by atoms with van der Waals surface area (Å²) >= 11 is 5.00. The minimum Gasteiger partial charge on any atom is -0.396 e. The quantitative estimate of drug-likeness (QED) is 0.947. The Morgan fingerprint density at radius 1 is 1.53 bits per heavy atom. The van der Waals surface area contributed by atoms with Crippen molar-refractivity contribution >= 4 is 38.8 Å². The Balaban J connectivity index is 2.17. The summed E-state index contributed by atoms with van der Waals surface area (Å²) in [5.74, 6) is 0.777. The maximum atomic E-state index is 5.93. The van der Waals surface area contributed by atoms with E-state index in [4.69, 9.17) is 5.73 Å². The molecule has 0 bridgehead atoms. The van der Waals surface area contributed by atoms with Crippen molar-refractivity contribution in [2.75, 3.05) is 17.7 Å². The van der Waals surface area contributed by atoms with Crippen molar-refractivity contribution in [3.05, 3.63) is 32.8 Å². The molecule has 0 fully saturated rings. The second-order valence-electron chi connectivity index (χ2n) is 3.78. The number of nitrogens with two attached hydrogens (primary N) is 1. The van der Waals surface area contributed by atoms with Crippen molar-refractivity contribution in [3.63, 3.8) is 0 Å². The van der Waals surface area contributed by atoms with E-state index in [1.807, 2.05) is 24.9 Å². The molecule has 0 aliphatic rings. The summed E-state index contributed by atoms with van der Waals surface area (Å²) in [4.78, 5) is 10.7. The molecule has 2 aromatic rings. The highest BCUT2D eigenvalue weighted by Gasteiger charge is 2.09. The predicted octanol–water partition coefficient (Wildman–Crippen LogP) is 2.83. The highest BCUT2D eigenvalue weighted by Crippen LogP contribution is 2.24. The molecule has 2 heterocycles. The molecule has 0 aliphatic carbocycles. The number of thiazole rings is 1. The summed E-state index contributed by atoms with van der Waals surface area (Å²) in [5.41, 5.74) is 7.63. The number of rotatable bonds is 3. The molecule has 2 aromatic heterocycles. The van der Waals surface area contributed by atoms with Gasteiger partial charge in [-0.05, 0) is 28.9 Å². The van der Waals surface area contributed by atoms with Gasteiger partial charge in [-0.25, -0.2) is 9.97 Å². The Hall–Kier alpha value is -1.14. The third-order valence-electron chi connectivity index (χ3n) is 2.29. The normalized spacial score (nSPS) is 10.5. The predicted molar refractivity (Wildman–Crippen MR) is 75.3 cm³/mol. The van der Waals surface area contributed by atoms with Gasteiger partial charge in [0.05, 0.1) is 22.9 Å². The third kappa shape index (κ3) is 2.95. The Bertz CT molecular complexity index is 526. The number of nitrogen functional groups attached to an aromatic ring is 1. The average Bonchev–Trinajstić information content (AvgIpc) is 2.63. The topological polar surface area (TPSA) is 55.0 Å². The molecular formula is C11H13BrN4S. The van der Waals surface area contributed by atoms with Crippen molar-refractivity contribution < 1.29 is 0 Å². The van der Waals surface area contributed by atoms with Gasteiger partial charge in [-0.2, -0.15) is 0 Å². The first-order valence-electron chi connectivity index (χ1n) is 5.09. The van der Waals surface area contributed by atoms with Crippen LogP contribution in [0.3, 0.4) is 0 Å². The summed E-state index contributed by atoms with van der Waals surface area (Å²) in [6.07, 6.45) is 1.74. The second kappa shape index (κ2) is 5.01. The molecule has 0 spiro atoms. The monoisotopic (exact) mass is 312 g/mol. The highest BCUT2D eigenvalue weighted by atomic mass is 79.9. The summed E-state index contributed by atoms with van der Waals surface area (Å²) in [6.45, 7) is 2.71. The first-order valence-corrected chi connectivity index (χ1v) is 6.76. The van der Waals surface area contributed by atoms with Crippen LogP contribution in [0, 0.1) is 6.92 Å². The van der Waals surface area contributed by atoms with E-state index < -0.39 is 0 Å². The lowest BCUT2D eigenvalue weighted by molar-refractivity contribution is 0.872. The molecule has 17 heavy (non-hydrogen) atoms. The van der Waals surface area contributed by atoms with Gasteiger partial charge in [-0.1, -0.05) is 0 Å². The molecule has 0 saturated heterocycles.